The van der Waals surface area contributed by atoms with Crippen molar-refractivity contribution in [1.29, 1.82) is 0 Å². The lowest BCUT2D eigenvalue weighted by Gasteiger charge is -2.24. The molecule has 0 saturated carbocycles. The van der Waals surface area contributed by atoms with E-state index in [4.69, 9.17) is 10.5 Å². The zero-order chi connectivity index (χ0) is 12.5. The topological polar surface area (TPSA) is 61.0 Å². The predicted molar refractivity (Wildman–Crippen MR) is 69.4 cm³/mol. The molecule has 0 amide bonds. The fourth-order valence-corrected chi connectivity index (χ4v) is 2.26. The molecule has 1 aromatic heterocycles. The van der Waals surface area contributed by atoms with Crippen molar-refractivity contribution in [3.05, 3.63) is 41.9 Å². The molecule has 0 saturated heterocycles. The Morgan fingerprint density at radius 1 is 1.33 bits per heavy atom. The number of ether oxygens (including phenoxy) is 1. The van der Waals surface area contributed by atoms with Crippen LogP contribution < -0.4 is 10.5 Å². The summed E-state index contributed by atoms with van der Waals surface area (Å²) in [7, 11) is 0. The second-order valence-electron chi connectivity index (χ2n) is 4.60. The number of nitrogens with zero attached hydrogens (tertiary/aromatic N) is 2. The zero-order valence-electron chi connectivity index (χ0n) is 10.3. The second-order valence-corrected chi connectivity index (χ2v) is 4.60. The minimum atomic E-state index is 0.0522. The largest absolute Gasteiger partial charge is 0.492 e. The van der Waals surface area contributed by atoms with E-state index in [0.717, 1.165) is 34.7 Å². The Morgan fingerprint density at radius 2 is 2.22 bits per heavy atom. The molecule has 1 atom stereocenters. The van der Waals surface area contributed by atoms with E-state index in [0.29, 0.717) is 6.61 Å². The van der Waals surface area contributed by atoms with Crippen LogP contribution >= 0.6 is 0 Å². The maximum Gasteiger partial charge on any atom is 0.123 e. The Balaban J connectivity index is 2.13. The third-order valence-electron chi connectivity index (χ3n) is 3.08. The molecule has 2 N–H and O–H groups in total. The monoisotopic (exact) mass is 241 g/mol. The molecule has 2 heterocycles. The highest BCUT2D eigenvalue weighted by Gasteiger charge is 2.20. The number of rotatable bonds is 1. The highest BCUT2D eigenvalue weighted by Crippen LogP contribution is 2.32. The van der Waals surface area contributed by atoms with Crippen molar-refractivity contribution in [2.45, 2.75) is 19.4 Å². The molecule has 1 aliphatic heterocycles. The molecule has 1 aliphatic rings. The molecule has 2 aromatic rings. The van der Waals surface area contributed by atoms with Crippen molar-refractivity contribution in [3.63, 3.8) is 0 Å². The lowest BCUT2D eigenvalue weighted by Crippen LogP contribution is -2.34. The average molecular weight is 241 g/mol. The van der Waals surface area contributed by atoms with Gasteiger partial charge in [0.1, 0.15) is 12.4 Å². The SMILES string of the molecule is Cc1cncc(-c2cccc3c2C[C@H](N)CO3)n1. The number of hydrogen-bond acceptors (Lipinski definition) is 4. The van der Waals surface area contributed by atoms with Crippen LogP contribution in [0.1, 0.15) is 11.3 Å². The Labute approximate surface area is 106 Å². The van der Waals surface area contributed by atoms with E-state index >= 15 is 0 Å². The van der Waals surface area contributed by atoms with Crippen LogP contribution in [0.3, 0.4) is 0 Å². The van der Waals surface area contributed by atoms with E-state index in [1.807, 2.05) is 25.1 Å². The van der Waals surface area contributed by atoms with Gasteiger partial charge in [0.05, 0.1) is 17.6 Å². The van der Waals surface area contributed by atoms with Gasteiger partial charge in [-0.2, -0.15) is 0 Å². The van der Waals surface area contributed by atoms with Gasteiger partial charge in [-0.3, -0.25) is 4.98 Å². The molecule has 18 heavy (non-hydrogen) atoms. The summed E-state index contributed by atoms with van der Waals surface area (Å²) in [4.78, 5) is 8.71. The maximum absolute atomic E-state index is 5.97. The van der Waals surface area contributed by atoms with Gasteiger partial charge in [-0.1, -0.05) is 12.1 Å². The van der Waals surface area contributed by atoms with Crippen molar-refractivity contribution >= 4 is 0 Å². The number of hydrogen-bond donors (Lipinski definition) is 1. The maximum atomic E-state index is 5.97. The van der Waals surface area contributed by atoms with Gasteiger partial charge in [0.25, 0.3) is 0 Å². The van der Waals surface area contributed by atoms with E-state index < -0.39 is 0 Å². The van der Waals surface area contributed by atoms with Crippen LogP contribution in [0.2, 0.25) is 0 Å². The van der Waals surface area contributed by atoms with Crippen molar-refractivity contribution in [2.24, 2.45) is 5.73 Å². The summed E-state index contributed by atoms with van der Waals surface area (Å²) in [5.41, 5.74) is 9.96. The number of aromatic nitrogens is 2. The molecule has 4 heteroatoms. The normalized spacial score (nSPS) is 18.0. The average Bonchev–Trinajstić information content (AvgIpc) is 2.38. The Kier molecular flexibility index (Phi) is 2.72. The third kappa shape index (κ3) is 1.95. The molecule has 0 unspecified atom stereocenters. The van der Waals surface area contributed by atoms with Crippen LogP contribution in [0, 0.1) is 6.92 Å². The van der Waals surface area contributed by atoms with Crippen LogP contribution in [0.25, 0.3) is 11.3 Å². The molecule has 0 spiro atoms. The Bertz CT molecular complexity index is 583. The predicted octanol–water partition coefficient (Wildman–Crippen LogP) is 1.71. The molecular weight excluding hydrogens is 226 g/mol. The smallest absolute Gasteiger partial charge is 0.123 e. The van der Waals surface area contributed by atoms with Gasteiger partial charge in [0, 0.05) is 23.4 Å². The van der Waals surface area contributed by atoms with E-state index in [9.17, 15) is 0 Å². The van der Waals surface area contributed by atoms with E-state index in [2.05, 4.69) is 9.97 Å². The van der Waals surface area contributed by atoms with Crippen molar-refractivity contribution in [3.8, 4) is 17.0 Å². The van der Waals surface area contributed by atoms with Crippen LogP contribution in [-0.4, -0.2) is 22.6 Å². The van der Waals surface area contributed by atoms with Crippen LogP contribution in [-0.2, 0) is 6.42 Å². The highest BCUT2D eigenvalue weighted by atomic mass is 16.5. The van der Waals surface area contributed by atoms with Crippen molar-refractivity contribution < 1.29 is 4.74 Å². The molecule has 0 radical (unpaired) electrons. The summed E-state index contributed by atoms with van der Waals surface area (Å²) < 4.78 is 5.65. The fourth-order valence-electron chi connectivity index (χ4n) is 2.26. The van der Waals surface area contributed by atoms with Crippen LogP contribution in [0.5, 0.6) is 5.75 Å². The van der Waals surface area contributed by atoms with Crippen LogP contribution in [0.4, 0.5) is 0 Å². The standard InChI is InChI=1S/C14H15N3O/c1-9-6-16-7-13(17-9)11-3-2-4-14-12(11)5-10(15)8-18-14/h2-4,6-7,10H,5,8,15H2,1H3/t10-/m0/s1. The summed E-state index contributed by atoms with van der Waals surface area (Å²) in [6.45, 7) is 2.52. The molecule has 0 fully saturated rings. The lowest BCUT2D eigenvalue weighted by atomic mass is 9.96. The van der Waals surface area contributed by atoms with Crippen molar-refractivity contribution in [1.82, 2.24) is 9.97 Å². The first-order chi connectivity index (χ1) is 8.74. The summed E-state index contributed by atoms with van der Waals surface area (Å²) >= 11 is 0. The number of nitrogens with two attached hydrogens (primary N) is 1. The minimum Gasteiger partial charge on any atom is -0.492 e. The second kappa shape index (κ2) is 4.38. The first-order valence-electron chi connectivity index (χ1n) is 6.03. The molecular formula is C14H15N3O. The summed E-state index contributed by atoms with van der Waals surface area (Å²) in [5.74, 6) is 0.914. The quantitative estimate of drug-likeness (QED) is 0.825. The molecule has 0 bridgehead atoms. The third-order valence-corrected chi connectivity index (χ3v) is 3.08. The number of aryl methyl sites for hydroxylation is 1. The Hall–Kier alpha value is -1.94. The first kappa shape index (κ1) is 11.2. The number of fused-ring (bicyclic) bond motifs is 1. The van der Waals surface area contributed by atoms with Gasteiger partial charge in [0.2, 0.25) is 0 Å². The lowest BCUT2D eigenvalue weighted by molar-refractivity contribution is 0.264. The molecule has 1 aromatic carbocycles. The van der Waals surface area contributed by atoms with E-state index in [1.165, 1.54) is 0 Å². The zero-order valence-corrected chi connectivity index (χ0v) is 10.3. The first-order valence-corrected chi connectivity index (χ1v) is 6.03. The van der Waals surface area contributed by atoms with Gasteiger partial charge in [0.15, 0.2) is 0 Å². The molecule has 4 nitrogen and oxygen atoms in total. The summed E-state index contributed by atoms with van der Waals surface area (Å²) in [5, 5.41) is 0. The summed E-state index contributed by atoms with van der Waals surface area (Å²) in [6.07, 6.45) is 4.35. The van der Waals surface area contributed by atoms with E-state index in [-0.39, 0.29) is 6.04 Å². The Morgan fingerprint density at radius 3 is 3.06 bits per heavy atom. The van der Waals surface area contributed by atoms with E-state index in [1.54, 1.807) is 12.4 Å². The highest BCUT2D eigenvalue weighted by molar-refractivity contribution is 5.67. The van der Waals surface area contributed by atoms with Crippen molar-refractivity contribution in [2.75, 3.05) is 6.61 Å². The van der Waals surface area contributed by atoms with Gasteiger partial charge in [-0.05, 0) is 19.4 Å². The van der Waals surface area contributed by atoms with Gasteiger partial charge in [-0.15, -0.1) is 0 Å². The van der Waals surface area contributed by atoms with Gasteiger partial charge < -0.3 is 10.5 Å². The van der Waals surface area contributed by atoms with Crippen LogP contribution in [0.15, 0.2) is 30.6 Å². The molecule has 92 valence electrons. The molecule has 0 aliphatic carbocycles. The summed E-state index contributed by atoms with van der Waals surface area (Å²) in [6, 6.07) is 6.06. The van der Waals surface area contributed by atoms with Gasteiger partial charge in [-0.25, -0.2) is 4.98 Å². The number of benzene rings is 1. The molecule has 3 rings (SSSR count). The fraction of sp³-hybridized carbons (Fsp3) is 0.286. The minimum absolute atomic E-state index is 0.0522. The van der Waals surface area contributed by atoms with Gasteiger partial charge >= 0.3 is 0 Å².